The van der Waals surface area contributed by atoms with E-state index in [-0.39, 0.29) is 6.54 Å². The van der Waals surface area contributed by atoms with E-state index in [1.54, 1.807) is 14.2 Å². The lowest BCUT2D eigenvalue weighted by atomic mass is 10.2. The lowest BCUT2D eigenvalue weighted by Gasteiger charge is -2.29. The fraction of sp³-hybridized carbons (Fsp3) is 0.538. The highest BCUT2D eigenvalue weighted by atomic mass is 32.2. The summed E-state index contributed by atoms with van der Waals surface area (Å²) >= 11 is 0. The van der Waals surface area contributed by atoms with Crippen molar-refractivity contribution in [2.45, 2.75) is 19.4 Å². The molecule has 0 N–H and O–H groups in total. The number of hydrogen-bond acceptors (Lipinski definition) is 4. The van der Waals surface area contributed by atoms with Crippen molar-refractivity contribution in [1.82, 2.24) is 8.77 Å². The molecule has 20 heavy (non-hydrogen) atoms. The van der Waals surface area contributed by atoms with Gasteiger partial charge in [0.15, 0.2) is 0 Å². The van der Waals surface area contributed by atoms with Crippen LogP contribution in [0.5, 0.6) is 5.75 Å². The Balaban J connectivity index is 2.07. The zero-order valence-electron chi connectivity index (χ0n) is 11.8. The zero-order valence-corrected chi connectivity index (χ0v) is 12.6. The van der Waals surface area contributed by atoms with Crippen LogP contribution >= 0.6 is 0 Å². The average Bonchev–Trinajstić information content (AvgIpc) is 2.48. The van der Waals surface area contributed by atoms with Crippen LogP contribution in [0.1, 0.15) is 18.4 Å². The monoisotopic (exact) mass is 300 g/mol. The standard InChI is InChI=1S/C13H20N2O4S/c1-14(11-12-6-5-7-13(10-12)18-2)20(16,17)15-8-3-4-9-19-15/h5-7,10H,3-4,8-9,11H2,1-2H3. The number of ether oxygens (including phenoxy) is 1. The molecule has 0 aliphatic carbocycles. The Bertz CT molecular complexity index is 541. The maximum atomic E-state index is 12.3. The predicted molar refractivity (Wildman–Crippen MR) is 75.3 cm³/mol. The van der Waals surface area contributed by atoms with Gasteiger partial charge in [-0.25, -0.2) is 0 Å². The Hall–Kier alpha value is -1.15. The number of hydroxylamine groups is 1. The third-order valence-electron chi connectivity index (χ3n) is 3.16. The van der Waals surface area contributed by atoms with Crippen LogP contribution in [0.25, 0.3) is 0 Å². The number of benzene rings is 1. The van der Waals surface area contributed by atoms with Crippen molar-refractivity contribution in [3.05, 3.63) is 29.8 Å². The van der Waals surface area contributed by atoms with Crippen molar-refractivity contribution in [2.75, 3.05) is 27.3 Å². The van der Waals surface area contributed by atoms with Crippen molar-refractivity contribution >= 4 is 10.2 Å². The lowest BCUT2D eigenvalue weighted by Crippen LogP contribution is -2.43. The molecule has 0 radical (unpaired) electrons. The Kier molecular flexibility index (Phi) is 4.98. The van der Waals surface area contributed by atoms with E-state index >= 15 is 0 Å². The minimum absolute atomic E-state index is 0.277. The predicted octanol–water partition coefficient (Wildman–Crippen LogP) is 1.40. The van der Waals surface area contributed by atoms with Gasteiger partial charge in [-0.3, -0.25) is 4.84 Å². The third kappa shape index (κ3) is 3.49. The summed E-state index contributed by atoms with van der Waals surface area (Å²) in [5, 5.41) is 0. The molecule has 0 amide bonds. The summed E-state index contributed by atoms with van der Waals surface area (Å²) in [6, 6.07) is 7.35. The normalized spacial score (nSPS) is 17.4. The molecule has 6 nitrogen and oxygen atoms in total. The summed E-state index contributed by atoms with van der Waals surface area (Å²) < 4.78 is 32.2. The number of hydrogen-bond donors (Lipinski definition) is 0. The lowest BCUT2D eigenvalue weighted by molar-refractivity contribution is -0.112. The molecule has 0 bridgehead atoms. The van der Waals surface area contributed by atoms with Gasteiger partial charge >= 0.3 is 10.2 Å². The first-order chi connectivity index (χ1) is 9.54. The molecule has 1 aliphatic heterocycles. The second kappa shape index (κ2) is 6.53. The SMILES string of the molecule is COc1cccc(CN(C)S(=O)(=O)N2CCCCO2)c1. The molecule has 1 heterocycles. The highest BCUT2D eigenvalue weighted by Gasteiger charge is 2.29. The van der Waals surface area contributed by atoms with E-state index in [9.17, 15) is 8.42 Å². The first-order valence-electron chi connectivity index (χ1n) is 6.54. The molecule has 0 aromatic heterocycles. The minimum atomic E-state index is -3.58. The van der Waals surface area contributed by atoms with E-state index < -0.39 is 10.2 Å². The zero-order chi connectivity index (χ0) is 14.6. The van der Waals surface area contributed by atoms with E-state index in [1.807, 2.05) is 24.3 Å². The Labute approximate surface area is 120 Å². The molecule has 0 spiro atoms. The summed E-state index contributed by atoms with van der Waals surface area (Å²) in [7, 11) is -0.443. The smallest absolute Gasteiger partial charge is 0.304 e. The number of rotatable bonds is 5. The van der Waals surface area contributed by atoms with Crippen molar-refractivity contribution in [3.63, 3.8) is 0 Å². The van der Waals surface area contributed by atoms with E-state index in [0.717, 1.165) is 22.9 Å². The maximum absolute atomic E-state index is 12.3. The molecular formula is C13H20N2O4S. The van der Waals surface area contributed by atoms with Crippen LogP contribution in [0.2, 0.25) is 0 Å². The first-order valence-corrected chi connectivity index (χ1v) is 7.93. The maximum Gasteiger partial charge on any atom is 0.304 e. The van der Waals surface area contributed by atoms with Crippen molar-refractivity contribution < 1.29 is 18.0 Å². The second-order valence-corrected chi connectivity index (χ2v) is 6.61. The first kappa shape index (κ1) is 15.2. The van der Waals surface area contributed by atoms with Crippen LogP contribution in [-0.4, -0.2) is 44.5 Å². The minimum Gasteiger partial charge on any atom is -0.497 e. The molecule has 0 saturated carbocycles. The molecule has 1 aromatic carbocycles. The highest BCUT2D eigenvalue weighted by Crippen LogP contribution is 2.18. The Morgan fingerprint density at radius 2 is 2.20 bits per heavy atom. The second-order valence-electron chi connectivity index (χ2n) is 4.68. The van der Waals surface area contributed by atoms with Crippen LogP contribution < -0.4 is 4.74 Å². The van der Waals surface area contributed by atoms with E-state index in [2.05, 4.69) is 0 Å². The molecule has 2 rings (SSSR count). The summed E-state index contributed by atoms with van der Waals surface area (Å²) in [5.74, 6) is 0.711. The van der Waals surface area contributed by atoms with Gasteiger partial charge in [0.05, 0.1) is 13.7 Å². The van der Waals surface area contributed by atoms with Crippen LogP contribution in [0, 0.1) is 0 Å². The molecule has 1 saturated heterocycles. The van der Waals surface area contributed by atoms with Crippen LogP contribution in [0.4, 0.5) is 0 Å². The van der Waals surface area contributed by atoms with Crippen LogP contribution in [-0.2, 0) is 21.6 Å². The average molecular weight is 300 g/mol. The summed E-state index contributed by atoms with van der Waals surface area (Å²) in [4.78, 5) is 5.23. The Morgan fingerprint density at radius 3 is 2.85 bits per heavy atom. The van der Waals surface area contributed by atoms with Crippen molar-refractivity contribution in [2.24, 2.45) is 0 Å². The Morgan fingerprint density at radius 1 is 1.40 bits per heavy atom. The highest BCUT2D eigenvalue weighted by molar-refractivity contribution is 7.86. The fourth-order valence-corrected chi connectivity index (χ4v) is 3.21. The molecule has 0 atom stereocenters. The quantitative estimate of drug-likeness (QED) is 0.825. The summed E-state index contributed by atoms with van der Waals surface area (Å²) in [5.41, 5.74) is 0.868. The summed E-state index contributed by atoms with van der Waals surface area (Å²) in [6.07, 6.45) is 1.72. The van der Waals surface area contributed by atoms with Gasteiger partial charge in [0.25, 0.3) is 0 Å². The number of methoxy groups -OCH3 is 1. The van der Waals surface area contributed by atoms with Gasteiger partial charge in [-0.05, 0) is 30.5 Å². The largest absolute Gasteiger partial charge is 0.497 e. The van der Waals surface area contributed by atoms with Crippen LogP contribution in [0.3, 0.4) is 0 Å². The molecule has 112 valence electrons. The molecule has 1 fully saturated rings. The topological polar surface area (TPSA) is 59.1 Å². The van der Waals surface area contributed by atoms with Gasteiger partial charge < -0.3 is 4.74 Å². The van der Waals surface area contributed by atoms with Crippen molar-refractivity contribution in [1.29, 1.82) is 0 Å². The van der Waals surface area contributed by atoms with E-state index in [1.165, 1.54) is 4.31 Å². The molecule has 0 unspecified atom stereocenters. The van der Waals surface area contributed by atoms with Gasteiger partial charge in [0, 0.05) is 20.1 Å². The number of nitrogens with zero attached hydrogens (tertiary/aromatic N) is 2. The van der Waals surface area contributed by atoms with E-state index in [4.69, 9.17) is 9.57 Å². The molecule has 1 aromatic rings. The van der Waals surface area contributed by atoms with Gasteiger partial charge in [-0.2, -0.15) is 12.7 Å². The van der Waals surface area contributed by atoms with Gasteiger partial charge in [0.2, 0.25) is 0 Å². The summed E-state index contributed by atoms with van der Waals surface area (Å²) in [6.45, 7) is 1.14. The fourth-order valence-electron chi connectivity index (χ4n) is 2.02. The van der Waals surface area contributed by atoms with Gasteiger partial charge in [-0.15, -0.1) is 0 Å². The van der Waals surface area contributed by atoms with Gasteiger partial charge in [-0.1, -0.05) is 16.6 Å². The van der Waals surface area contributed by atoms with Crippen LogP contribution in [0.15, 0.2) is 24.3 Å². The third-order valence-corrected chi connectivity index (χ3v) is 4.88. The van der Waals surface area contributed by atoms with Crippen molar-refractivity contribution in [3.8, 4) is 5.75 Å². The van der Waals surface area contributed by atoms with E-state index in [0.29, 0.717) is 18.9 Å². The molecule has 1 aliphatic rings. The molecule has 7 heteroatoms. The molecular weight excluding hydrogens is 280 g/mol. The van der Waals surface area contributed by atoms with Gasteiger partial charge in [0.1, 0.15) is 5.75 Å².